The Morgan fingerprint density at radius 3 is 2.42 bits per heavy atom. The van der Waals surface area contributed by atoms with E-state index >= 15 is 0 Å². The van der Waals surface area contributed by atoms with Crippen LogP contribution in [0.4, 0.5) is 5.69 Å². The summed E-state index contributed by atoms with van der Waals surface area (Å²) in [5.41, 5.74) is 1.40. The molecule has 6 nitrogen and oxygen atoms in total. The number of H-pyrrole nitrogens is 2. The number of para-hydroxylation sites is 1. The molecule has 3 aromatic carbocycles. The van der Waals surface area contributed by atoms with Crippen molar-refractivity contribution in [2.24, 2.45) is 0 Å². The van der Waals surface area contributed by atoms with E-state index in [2.05, 4.69) is 10.2 Å². The highest BCUT2D eigenvalue weighted by Gasteiger charge is 2.35. The fraction of sp³-hybridized carbons (Fsp3) is 0.0800. The van der Waals surface area contributed by atoms with E-state index in [0.29, 0.717) is 17.8 Å². The van der Waals surface area contributed by atoms with Gasteiger partial charge in [0.05, 0.1) is 16.3 Å². The first-order chi connectivity index (χ1) is 15.1. The number of ketones is 1. The van der Waals surface area contributed by atoms with E-state index in [1.165, 1.54) is 0 Å². The maximum Gasteiger partial charge on any atom is 0.271 e. The highest BCUT2D eigenvalue weighted by molar-refractivity contribution is 6.51. The van der Waals surface area contributed by atoms with Crippen LogP contribution in [0.5, 0.6) is 0 Å². The van der Waals surface area contributed by atoms with Gasteiger partial charge in [-0.15, -0.1) is 0 Å². The Hall–Kier alpha value is -4.19. The molecule has 5 rings (SSSR count). The van der Waals surface area contributed by atoms with E-state index in [-0.39, 0.29) is 16.1 Å². The van der Waals surface area contributed by atoms with Crippen molar-refractivity contribution in [1.82, 2.24) is 10.2 Å². The van der Waals surface area contributed by atoms with Crippen LogP contribution in [-0.2, 0) is 4.79 Å². The van der Waals surface area contributed by atoms with Crippen molar-refractivity contribution in [2.75, 3.05) is 11.4 Å². The molecular weight excluding hydrogens is 390 g/mol. The molecule has 0 fully saturated rings. The van der Waals surface area contributed by atoms with E-state index in [4.69, 9.17) is 0 Å². The van der Waals surface area contributed by atoms with Crippen LogP contribution in [0, 0.1) is 0 Å². The van der Waals surface area contributed by atoms with Crippen molar-refractivity contribution in [3.05, 3.63) is 98.8 Å². The van der Waals surface area contributed by atoms with E-state index in [1.807, 2.05) is 49.4 Å². The molecule has 0 unspecified atom stereocenters. The van der Waals surface area contributed by atoms with Gasteiger partial charge in [-0.05, 0) is 47.5 Å². The summed E-state index contributed by atoms with van der Waals surface area (Å²) < 4.78 is 0. The highest BCUT2D eigenvalue weighted by atomic mass is 16.2. The number of aromatic amines is 2. The van der Waals surface area contributed by atoms with Gasteiger partial charge in [-0.25, -0.2) is 0 Å². The summed E-state index contributed by atoms with van der Waals surface area (Å²) in [6, 6.07) is 20.8. The zero-order chi connectivity index (χ0) is 21.5. The van der Waals surface area contributed by atoms with Crippen molar-refractivity contribution in [1.29, 1.82) is 0 Å². The molecule has 1 aromatic heterocycles. The van der Waals surface area contributed by atoms with Crippen molar-refractivity contribution in [3.8, 4) is 0 Å². The predicted octanol–water partition coefficient (Wildman–Crippen LogP) is 2.09. The molecule has 2 heterocycles. The number of nitrogens with one attached hydrogen (secondary N) is 2. The first-order valence-electron chi connectivity index (χ1n) is 10.1. The van der Waals surface area contributed by atoms with Gasteiger partial charge in [-0.1, -0.05) is 48.5 Å². The Morgan fingerprint density at radius 1 is 0.871 bits per heavy atom. The summed E-state index contributed by atoms with van der Waals surface area (Å²) in [6.07, 6.45) is 1.70. The smallest absolute Gasteiger partial charge is 0.271 e. The van der Waals surface area contributed by atoms with Crippen molar-refractivity contribution in [2.45, 2.75) is 6.92 Å². The lowest BCUT2D eigenvalue weighted by Crippen LogP contribution is -2.45. The molecule has 0 spiro atoms. The number of nitrogens with zero attached hydrogens (tertiary/aromatic N) is 1. The van der Waals surface area contributed by atoms with Crippen molar-refractivity contribution < 1.29 is 9.59 Å². The number of benzene rings is 3. The monoisotopic (exact) mass is 409 g/mol. The molecule has 1 aliphatic heterocycles. The second-order valence-electron chi connectivity index (χ2n) is 7.39. The topological polar surface area (TPSA) is 86.0 Å². The Balaban J connectivity index is 1.79. The van der Waals surface area contributed by atoms with Crippen LogP contribution in [0.25, 0.3) is 22.4 Å². The van der Waals surface area contributed by atoms with Crippen LogP contribution in [0.1, 0.15) is 22.8 Å². The molecule has 6 heteroatoms. The normalized spacial score (nSPS) is 16.2. The van der Waals surface area contributed by atoms with Gasteiger partial charge in [0, 0.05) is 12.1 Å². The summed E-state index contributed by atoms with van der Waals surface area (Å²) in [5.74, 6) is -0.816. The number of amides is 1. The average Bonchev–Trinajstić information content (AvgIpc) is 3.14. The van der Waals surface area contributed by atoms with Crippen molar-refractivity contribution >= 4 is 39.8 Å². The lowest BCUT2D eigenvalue weighted by Gasteiger charge is -2.28. The Labute approximate surface area is 177 Å². The minimum Gasteiger partial charge on any atom is -0.308 e. The van der Waals surface area contributed by atoms with Crippen molar-refractivity contribution in [3.63, 3.8) is 0 Å². The standard InChI is InChI=1S/C25H19N3O3/c1-2-28-20-10-6-5-9-18(20)23(29)21(25(28)31)22-19(24(30)27-26-22)14-15-11-12-16-7-3-4-8-17(16)13-15/h3-14,26H,2H2,1H3,(H,27,30)/b19-14-,22-21?. The van der Waals surface area contributed by atoms with E-state index in [0.717, 1.165) is 16.3 Å². The van der Waals surface area contributed by atoms with Gasteiger partial charge in [0.15, 0.2) is 0 Å². The van der Waals surface area contributed by atoms with Gasteiger partial charge in [-0.3, -0.25) is 24.6 Å². The van der Waals surface area contributed by atoms with Gasteiger partial charge in [-0.2, -0.15) is 0 Å². The second-order valence-corrected chi connectivity index (χ2v) is 7.39. The molecule has 152 valence electrons. The molecule has 1 amide bonds. The predicted molar refractivity (Wildman–Crippen MR) is 120 cm³/mol. The molecule has 2 N–H and O–H groups in total. The molecule has 0 saturated heterocycles. The number of Topliss-reactive ketones (excluding diaryl/α,β-unsaturated/α-hetero) is 1. The minimum atomic E-state index is -0.422. The van der Waals surface area contributed by atoms with Crippen LogP contribution >= 0.6 is 0 Å². The highest BCUT2D eigenvalue weighted by Crippen LogP contribution is 2.29. The maximum absolute atomic E-state index is 13.2. The van der Waals surface area contributed by atoms with Gasteiger partial charge < -0.3 is 4.90 Å². The fourth-order valence-electron chi connectivity index (χ4n) is 4.08. The fourth-order valence-corrected chi connectivity index (χ4v) is 4.08. The molecule has 0 aliphatic carbocycles. The largest absolute Gasteiger partial charge is 0.308 e. The number of anilines is 1. The summed E-state index contributed by atoms with van der Waals surface area (Å²) >= 11 is 0. The quantitative estimate of drug-likeness (QED) is 0.532. The number of aromatic nitrogens is 2. The zero-order valence-electron chi connectivity index (χ0n) is 16.8. The molecule has 0 bridgehead atoms. The minimum absolute atomic E-state index is 0.0362. The summed E-state index contributed by atoms with van der Waals surface area (Å²) in [5, 5.41) is 7.88. The molecule has 31 heavy (non-hydrogen) atoms. The van der Waals surface area contributed by atoms with Gasteiger partial charge in [0.1, 0.15) is 5.57 Å². The Kier molecular flexibility index (Phi) is 4.40. The number of carbonyl (C=O) groups excluding carboxylic acids is 2. The second kappa shape index (κ2) is 7.25. The summed E-state index contributed by atoms with van der Waals surface area (Å²) in [6.45, 7) is 2.26. The number of fused-ring (bicyclic) bond motifs is 2. The van der Waals surface area contributed by atoms with Gasteiger partial charge in [0.2, 0.25) is 5.78 Å². The number of hydrogen-bond donors (Lipinski definition) is 2. The third kappa shape index (κ3) is 3.00. The molecule has 0 atom stereocenters. The number of hydrogen-bond acceptors (Lipinski definition) is 3. The number of carbonyl (C=O) groups is 2. The van der Waals surface area contributed by atoms with Crippen LogP contribution in [0.2, 0.25) is 0 Å². The van der Waals surface area contributed by atoms with Crippen LogP contribution in [0.15, 0.2) is 71.5 Å². The van der Waals surface area contributed by atoms with E-state index in [1.54, 1.807) is 35.2 Å². The van der Waals surface area contributed by atoms with Gasteiger partial charge >= 0.3 is 0 Å². The number of rotatable bonds is 2. The summed E-state index contributed by atoms with van der Waals surface area (Å²) in [7, 11) is 0. The molecule has 4 aromatic rings. The van der Waals surface area contributed by atoms with Crippen LogP contribution < -0.4 is 21.0 Å². The van der Waals surface area contributed by atoms with Crippen LogP contribution in [0.3, 0.4) is 0 Å². The molecule has 0 radical (unpaired) electrons. The SMILES string of the molecule is CCN1C(=O)C(=c2[nH][nH]c(=O)/c2=C\c2ccc3ccccc3c2)C(=O)c2ccccc21. The third-order valence-electron chi connectivity index (χ3n) is 5.59. The molecular formula is C25H19N3O3. The molecule has 1 aliphatic rings. The zero-order valence-corrected chi connectivity index (χ0v) is 16.8. The lowest BCUT2D eigenvalue weighted by atomic mass is 9.94. The Bertz CT molecular complexity index is 1540. The average molecular weight is 409 g/mol. The Morgan fingerprint density at radius 2 is 1.61 bits per heavy atom. The van der Waals surface area contributed by atoms with E-state index < -0.39 is 17.2 Å². The molecule has 0 saturated carbocycles. The lowest BCUT2D eigenvalue weighted by molar-refractivity contribution is -0.113. The van der Waals surface area contributed by atoms with Gasteiger partial charge in [0.25, 0.3) is 11.5 Å². The first kappa shape index (κ1) is 18.8. The summed E-state index contributed by atoms with van der Waals surface area (Å²) in [4.78, 5) is 40.6. The first-order valence-corrected chi connectivity index (χ1v) is 10.1. The van der Waals surface area contributed by atoms with E-state index in [9.17, 15) is 14.4 Å². The maximum atomic E-state index is 13.2. The third-order valence-corrected chi connectivity index (χ3v) is 5.59. The van der Waals surface area contributed by atoms with Crippen LogP contribution in [-0.4, -0.2) is 28.4 Å².